The smallest absolute Gasteiger partial charge is 0.253 e. The fourth-order valence-electron chi connectivity index (χ4n) is 3.64. The molecular formula is C20H24N2O4S2. The molecule has 2 aliphatic heterocycles. The van der Waals surface area contributed by atoms with Crippen molar-refractivity contribution in [1.82, 2.24) is 9.21 Å². The number of hydrogen-bond acceptors (Lipinski definition) is 5. The molecule has 0 spiro atoms. The summed E-state index contributed by atoms with van der Waals surface area (Å²) in [5, 5.41) is 0. The lowest BCUT2D eigenvalue weighted by Crippen LogP contribution is -2.40. The molecule has 1 aromatic carbocycles. The van der Waals surface area contributed by atoms with E-state index in [1.54, 1.807) is 17.4 Å². The van der Waals surface area contributed by atoms with Gasteiger partial charge in [0.2, 0.25) is 10.0 Å². The highest BCUT2D eigenvalue weighted by molar-refractivity contribution is 7.89. The molecule has 4 rings (SSSR count). The number of rotatable bonds is 4. The van der Waals surface area contributed by atoms with Crippen LogP contribution in [0.3, 0.4) is 0 Å². The van der Waals surface area contributed by atoms with Crippen LogP contribution in [0.5, 0.6) is 0 Å². The summed E-state index contributed by atoms with van der Waals surface area (Å²) in [6, 6.07) is 9.03. The summed E-state index contributed by atoms with van der Waals surface area (Å²) in [6.45, 7) is 4.92. The van der Waals surface area contributed by atoms with E-state index in [0.29, 0.717) is 31.9 Å². The first-order valence-electron chi connectivity index (χ1n) is 9.54. The van der Waals surface area contributed by atoms with Crippen LogP contribution < -0.4 is 0 Å². The molecule has 2 aliphatic rings. The highest BCUT2D eigenvalue weighted by Gasteiger charge is 2.29. The standard InChI is InChI=1S/C20H24N2O4S2/c1-15-4-5-19(27-15)16-12-17(20(23)21-6-2-3-7-21)14-18(13-16)28(24,25)22-8-10-26-11-9-22/h4-5,12-14H,2-3,6-11H2,1H3. The van der Waals surface area contributed by atoms with Crippen molar-refractivity contribution in [1.29, 1.82) is 0 Å². The SMILES string of the molecule is Cc1ccc(-c2cc(C(=O)N3CCCC3)cc(S(=O)(=O)N3CCOCC3)c2)s1. The van der Waals surface area contributed by atoms with Crippen molar-refractivity contribution in [3.63, 3.8) is 0 Å². The summed E-state index contributed by atoms with van der Waals surface area (Å²) in [7, 11) is -3.68. The predicted octanol–water partition coefficient (Wildman–Crippen LogP) is 2.98. The largest absolute Gasteiger partial charge is 0.379 e. The molecule has 0 N–H and O–H groups in total. The van der Waals surface area contributed by atoms with Crippen molar-refractivity contribution in [3.8, 4) is 10.4 Å². The summed E-state index contributed by atoms with van der Waals surface area (Å²) in [6.07, 6.45) is 1.99. The van der Waals surface area contributed by atoms with Crippen LogP contribution in [0, 0.1) is 6.92 Å². The summed E-state index contributed by atoms with van der Waals surface area (Å²) in [5.74, 6) is -0.0916. The van der Waals surface area contributed by atoms with Crippen molar-refractivity contribution in [2.75, 3.05) is 39.4 Å². The van der Waals surface area contributed by atoms with Crippen molar-refractivity contribution in [2.45, 2.75) is 24.7 Å². The first-order valence-corrected chi connectivity index (χ1v) is 11.8. The fraction of sp³-hybridized carbons (Fsp3) is 0.450. The molecule has 2 saturated heterocycles. The minimum Gasteiger partial charge on any atom is -0.379 e. The van der Waals surface area contributed by atoms with Gasteiger partial charge in [-0.15, -0.1) is 11.3 Å². The first kappa shape index (κ1) is 19.6. The van der Waals surface area contributed by atoms with Gasteiger partial charge in [-0.1, -0.05) is 0 Å². The number of thiophene rings is 1. The molecule has 0 bridgehead atoms. The lowest BCUT2D eigenvalue weighted by molar-refractivity contribution is 0.0730. The van der Waals surface area contributed by atoms with Crippen LogP contribution >= 0.6 is 11.3 Å². The fourth-order valence-corrected chi connectivity index (χ4v) is 5.98. The highest BCUT2D eigenvalue weighted by atomic mass is 32.2. The topological polar surface area (TPSA) is 66.9 Å². The zero-order chi connectivity index (χ0) is 19.7. The molecule has 2 fully saturated rings. The zero-order valence-electron chi connectivity index (χ0n) is 15.9. The second kappa shape index (κ2) is 7.94. The van der Waals surface area contributed by atoms with Crippen molar-refractivity contribution in [2.24, 2.45) is 0 Å². The maximum Gasteiger partial charge on any atom is 0.253 e. The second-order valence-electron chi connectivity index (χ2n) is 7.17. The van der Waals surface area contributed by atoms with Gasteiger partial charge in [0.25, 0.3) is 5.91 Å². The molecule has 0 unspecified atom stereocenters. The normalized spacial score (nSPS) is 18.5. The number of morpholine rings is 1. The quantitative estimate of drug-likeness (QED) is 0.763. The molecule has 0 atom stereocenters. The van der Waals surface area contributed by atoms with Gasteiger partial charge in [-0.05, 0) is 55.7 Å². The number of amides is 1. The van der Waals surface area contributed by atoms with Gasteiger partial charge in [-0.25, -0.2) is 8.42 Å². The monoisotopic (exact) mass is 420 g/mol. The lowest BCUT2D eigenvalue weighted by atomic mass is 10.1. The molecule has 0 radical (unpaired) electrons. The molecule has 3 heterocycles. The number of benzene rings is 1. The van der Waals surface area contributed by atoms with Crippen LogP contribution in [0.25, 0.3) is 10.4 Å². The van der Waals surface area contributed by atoms with Crippen molar-refractivity contribution < 1.29 is 17.9 Å². The number of sulfonamides is 1. The van der Waals surface area contributed by atoms with Crippen LogP contribution in [0.4, 0.5) is 0 Å². The van der Waals surface area contributed by atoms with E-state index in [1.807, 2.05) is 30.0 Å². The van der Waals surface area contributed by atoms with Crippen LogP contribution in [-0.2, 0) is 14.8 Å². The Labute approximate surface area is 169 Å². The Morgan fingerprint density at radius 2 is 1.75 bits per heavy atom. The number of carbonyl (C=O) groups excluding carboxylic acids is 1. The average molecular weight is 421 g/mol. The number of aryl methyl sites for hydroxylation is 1. The Hall–Kier alpha value is -1.74. The van der Waals surface area contributed by atoms with Crippen molar-refractivity contribution >= 4 is 27.3 Å². The Kier molecular flexibility index (Phi) is 5.55. The van der Waals surface area contributed by atoms with Gasteiger partial charge in [-0.2, -0.15) is 4.31 Å². The number of nitrogens with zero attached hydrogens (tertiary/aromatic N) is 2. The number of likely N-dealkylation sites (tertiary alicyclic amines) is 1. The van der Waals surface area contributed by atoms with E-state index in [1.165, 1.54) is 10.4 Å². The predicted molar refractivity (Wildman–Crippen MR) is 109 cm³/mol. The molecule has 0 saturated carbocycles. The van der Waals surface area contributed by atoms with E-state index in [0.717, 1.165) is 41.2 Å². The Morgan fingerprint density at radius 3 is 2.39 bits per heavy atom. The summed E-state index contributed by atoms with van der Waals surface area (Å²) < 4.78 is 33.2. The maximum absolute atomic E-state index is 13.2. The molecule has 1 aromatic heterocycles. The highest BCUT2D eigenvalue weighted by Crippen LogP contribution is 2.32. The van der Waals surface area contributed by atoms with E-state index in [-0.39, 0.29) is 10.8 Å². The summed E-state index contributed by atoms with van der Waals surface area (Å²) in [5.41, 5.74) is 1.22. The zero-order valence-corrected chi connectivity index (χ0v) is 17.5. The Bertz CT molecular complexity index is 972. The molecule has 2 aromatic rings. The molecular weight excluding hydrogens is 396 g/mol. The van der Waals surface area contributed by atoms with E-state index < -0.39 is 10.0 Å². The van der Waals surface area contributed by atoms with Gasteiger partial charge < -0.3 is 9.64 Å². The Balaban J connectivity index is 1.78. The average Bonchev–Trinajstić information content (AvgIpc) is 3.39. The van der Waals surface area contributed by atoms with Gasteiger partial charge in [0.15, 0.2) is 0 Å². The van der Waals surface area contributed by atoms with Crippen LogP contribution in [0.1, 0.15) is 28.1 Å². The summed E-state index contributed by atoms with van der Waals surface area (Å²) in [4.78, 5) is 17.1. The van der Waals surface area contributed by atoms with Crippen LogP contribution in [0.2, 0.25) is 0 Å². The number of hydrogen-bond donors (Lipinski definition) is 0. The third-order valence-corrected chi connectivity index (χ3v) is 8.11. The third-order valence-electron chi connectivity index (χ3n) is 5.18. The molecule has 1 amide bonds. The molecule has 6 nitrogen and oxygen atoms in total. The number of ether oxygens (including phenoxy) is 1. The van der Waals surface area contributed by atoms with E-state index in [9.17, 15) is 13.2 Å². The van der Waals surface area contributed by atoms with Gasteiger partial charge in [0.05, 0.1) is 18.1 Å². The van der Waals surface area contributed by atoms with Crippen LogP contribution in [-0.4, -0.2) is 62.9 Å². The third kappa shape index (κ3) is 3.87. The maximum atomic E-state index is 13.2. The van der Waals surface area contributed by atoms with Crippen LogP contribution in [0.15, 0.2) is 35.2 Å². The minimum absolute atomic E-state index is 0.0916. The lowest BCUT2D eigenvalue weighted by Gasteiger charge is -2.26. The van der Waals surface area contributed by atoms with Gasteiger partial charge in [0.1, 0.15) is 0 Å². The van der Waals surface area contributed by atoms with Gasteiger partial charge in [0, 0.05) is 41.5 Å². The van der Waals surface area contributed by atoms with E-state index in [4.69, 9.17) is 4.74 Å². The van der Waals surface area contributed by atoms with Gasteiger partial charge in [-0.3, -0.25) is 4.79 Å². The molecule has 8 heteroatoms. The number of carbonyl (C=O) groups is 1. The second-order valence-corrected chi connectivity index (χ2v) is 10.4. The first-order chi connectivity index (χ1) is 13.4. The molecule has 0 aliphatic carbocycles. The van der Waals surface area contributed by atoms with Crippen molar-refractivity contribution in [3.05, 3.63) is 40.8 Å². The van der Waals surface area contributed by atoms with E-state index >= 15 is 0 Å². The van der Waals surface area contributed by atoms with Gasteiger partial charge >= 0.3 is 0 Å². The Morgan fingerprint density at radius 1 is 1.04 bits per heavy atom. The summed E-state index contributed by atoms with van der Waals surface area (Å²) >= 11 is 1.60. The molecule has 150 valence electrons. The minimum atomic E-state index is -3.68. The molecule has 28 heavy (non-hydrogen) atoms. The van der Waals surface area contributed by atoms with E-state index in [2.05, 4.69) is 0 Å².